The number of hydrogen-bond acceptors (Lipinski definition) is 10. The summed E-state index contributed by atoms with van der Waals surface area (Å²) in [7, 11) is -8.03. The molecule has 310 valence electrons. The molecule has 2 N–H and O–H groups in total. The van der Waals surface area contributed by atoms with Crippen molar-refractivity contribution < 1.29 is 62.9 Å². The van der Waals surface area contributed by atoms with Crippen molar-refractivity contribution in [2.24, 2.45) is 0 Å². The molecule has 0 bridgehead atoms. The zero-order chi connectivity index (χ0) is 42.6. The molecule has 0 aromatic heterocycles. The lowest BCUT2D eigenvalue weighted by molar-refractivity contribution is -0.139. The van der Waals surface area contributed by atoms with Crippen LogP contribution < -0.4 is 18.9 Å². The fourth-order valence-electron chi connectivity index (χ4n) is 5.07. The van der Waals surface area contributed by atoms with Crippen LogP contribution in [0.2, 0.25) is 0 Å². The summed E-state index contributed by atoms with van der Waals surface area (Å²) in [6.07, 6.45) is 3.00. The molecule has 0 radical (unpaired) electrons. The smallest absolute Gasteiger partial charge is 0.333 e. The van der Waals surface area contributed by atoms with Crippen LogP contribution >= 0.6 is 0 Å². The third-order valence-electron chi connectivity index (χ3n) is 7.90. The number of carbonyl (C=O) groups excluding carboxylic acids is 2. The summed E-state index contributed by atoms with van der Waals surface area (Å²) in [5.74, 6) is -7.06. The number of ether oxygens (including phenoxy) is 4. The van der Waals surface area contributed by atoms with Crippen molar-refractivity contribution in [1.29, 1.82) is 0 Å². The van der Waals surface area contributed by atoms with E-state index in [2.05, 4.69) is 9.44 Å². The van der Waals surface area contributed by atoms with Crippen LogP contribution in [-0.4, -0.2) is 55.1 Å². The lowest BCUT2D eigenvalue weighted by atomic mass is 10.1. The van der Waals surface area contributed by atoms with Gasteiger partial charge in [0, 0.05) is 24.2 Å². The Morgan fingerprint density at radius 3 is 1.17 bits per heavy atom. The molecule has 0 fully saturated rings. The standard InChI is InChI=1S/C40H40F4N2O10S2/c1-5-53-39(47)25(3)19-27-21-33(41)37(34(42)22-27)55-29-9-13-31(14-10-29)57(49,50)45-17-7-8-18-46-58(51,52)32-15-11-30(12-16-32)56-38-35(43)23-28(24-36(38)44)20-26(4)40(48)54-6-2/h9-16,19-24,45-46H,5-8,17-18H2,1-4H3/b25-19+,26-20+. The highest BCUT2D eigenvalue weighted by atomic mass is 32.2. The van der Waals surface area contributed by atoms with E-state index in [4.69, 9.17) is 18.9 Å². The predicted octanol–water partition coefficient (Wildman–Crippen LogP) is 7.80. The van der Waals surface area contributed by atoms with Crippen LogP contribution in [-0.2, 0) is 39.1 Å². The van der Waals surface area contributed by atoms with Gasteiger partial charge in [0.1, 0.15) is 11.5 Å². The lowest BCUT2D eigenvalue weighted by Gasteiger charge is -2.11. The Balaban J connectivity index is 1.24. The van der Waals surface area contributed by atoms with Crippen molar-refractivity contribution in [1.82, 2.24) is 9.44 Å². The molecule has 0 aliphatic rings. The number of esters is 2. The highest BCUT2D eigenvalue weighted by Gasteiger charge is 2.19. The SMILES string of the molecule is CCOC(=O)/C(C)=C/c1cc(F)c(Oc2ccc(S(=O)(=O)NCCCCNS(=O)(=O)c3ccc(Oc4c(F)cc(/C=C(\C)C(=O)OCC)cc4F)cc3)cc2)c(F)c1. The molecule has 0 aliphatic carbocycles. The first-order valence-corrected chi connectivity index (χ1v) is 20.6. The van der Waals surface area contributed by atoms with Crippen LogP contribution in [0.25, 0.3) is 12.2 Å². The zero-order valence-corrected chi connectivity index (χ0v) is 33.4. The van der Waals surface area contributed by atoms with Gasteiger partial charge in [0.05, 0.1) is 23.0 Å². The summed E-state index contributed by atoms with van der Waals surface area (Å²) in [5, 5.41) is 0. The second-order valence-corrected chi connectivity index (χ2v) is 15.9. The van der Waals surface area contributed by atoms with Gasteiger partial charge in [-0.25, -0.2) is 53.4 Å². The van der Waals surface area contributed by atoms with E-state index in [-0.39, 0.29) is 82.7 Å². The highest BCUT2D eigenvalue weighted by molar-refractivity contribution is 7.89. The minimum atomic E-state index is -4.01. The van der Waals surface area contributed by atoms with Gasteiger partial charge in [-0.2, -0.15) is 0 Å². The number of rotatable bonds is 19. The number of carbonyl (C=O) groups is 2. The van der Waals surface area contributed by atoms with E-state index in [1.54, 1.807) is 13.8 Å². The molecule has 0 spiro atoms. The molecular formula is C40H40F4N2O10S2. The molecule has 0 unspecified atom stereocenters. The van der Waals surface area contributed by atoms with E-state index < -0.39 is 66.8 Å². The van der Waals surface area contributed by atoms with Gasteiger partial charge in [-0.3, -0.25) is 0 Å². The molecule has 58 heavy (non-hydrogen) atoms. The van der Waals surface area contributed by atoms with Crippen LogP contribution in [0, 0.1) is 23.3 Å². The lowest BCUT2D eigenvalue weighted by Crippen LogP contribution is -2.27. The maximum absolute atomic E-state index is 14.7. The predicted molar refractivity (Wildman–Crippen MR) is 206 cm³/mol. The minimum Gasteiger partial charge on any atom is -0.463 e. The molecule has 0 aliphatic heterocycles. The number of sulfonamides is 2. The highest BCUT2D eigenvalue weighted by Crippen LogP contribution is 2.32. The third kappa shape index (κ3) is 12.5. The fraction of sp³-hybridized carbons (Fsp3) is 0.250. The van der Waals surface area contributed by atoms with E-state index in [1.807, 2.05) is 0 Å². The maximum Gasteiger partial charge on any atom is 0.333 e. The molecule has 0 saturated carbocycles. The van der Waals surface area contributed by atoms with Gasteiger partial charge in [-0.15, -0.1) is 0 Å². The van der Waals surface area contributed by atoms with E-state index in [0.29, 0.717) is 0 Å². The van der Waals surface area contributed by atoms with Gasteiger partial charge in [0.2, 0.25) is 20.0 Å². The number of unbranched alkanes of at least 4 members (excludes halogenated alkanes) is 1. The monoisotopic (exact) mass is 848 g/mol. The van der Waals surface area contributed by atoms with Crippen molar-refractivity contribution in [3.63, 3.8) is 0 Å². The minimum absolute atomic E-state index is 0.0450. The van der Waals surface area contributed by atoms with Crippen molar-refractivity contribution in [2.45, 2.75) is 50.3 Å². The second kappa shape index (κ2) is 20.2. The van der Waals surface area contributed by atoms with Gasteiger partial charge < -0.3 is 18.9 Å². The Labute approximate surface area is 333 Å². The van der Waals surface area contributed by atoms with E-state index >= 15 is 0 Å². The van der Waals surface area contributed by atoms with Crippen LogP contribution in [0.4, 0.5) is 17.6 Å². The Morgan fingerprint density at radius 2 is 0.879 bits per heavy atom. The van der Waals surface area contributed by atoms with E-state index in [0.717, 1.165) is 24.3 Å². The van der Waals surface area contributed by atoms with E-state index in [9.17, 15) is 44.0 Å². The Hall–Kier alpha value is -5.56. The molecule has 4 rings (SSSR count). The summed E-state index contributed by atoms with van der Waals surface area (Å²) in [6, 6.07) is 13.4. The molecule has 12 nitrogen and oxygen atoms in total. The van der Waals surface area contributed by atoms with Crippen LogP contribution in [0.3, 0.4) is 0 Å². The van der Waals surface area contributed by atoms with Crippen molar-refractivity contribution in [3.8, 4) is 23.0 Å². The molecule has 0 atom stereocenters. The summed E-state index contributed by atoms with van der Waals surface area (Å²) in [6.45, 7) is 6.31. The summed E-state index contributed by atoms with van der Waals surface area (Å²) in [4.78, 5) is 23.3. The van der Waals surface area contributed by atoms with Gasteiger partial charge in [-0.1, -0.05) is 0 Å². The maximum atomic E-state index is 14.7. The molecular weight excluding hydrogens is 809 g/mol. The van der Waals surface area contributed by atoms with E-state index in [1.165, 1.54) is 74.5 Å². The fourth-order valence-corrected chi connectivity index (χ4v) is 7.22. The number of halogens is 4. The summed E-state index contributed by atoms with van der Waals surface area (Å²) < 4.78 is 135. The quantitative estimate of drug-likeness (QED) is 0.0412. The van der Waals surface area contributed by atoms with Crippen LogP contribution in [0.5, 0.6) is 23.0 Å². The number of nitrogens with one attached hydrogen (secondary N) is 2. The second-order valence-electron chi connectivity index (χ2n) is 12.4. The molecule has 4 aromatic carbocycles. The Bertz CT molecular complexity index is 2190. The molecule has 18 heteroatoms. The van der Waals surface area contributed by atoms with Gasteiger partial charge in [0.15, 0.2) is 34.8 Å². The molecule has 0 saturated heterocycles. The Kier molecular flexibility index (Phi) is 15.7. The molecule has 0 heterocycles. The first-order valence-electron chi connectivity index (χ1n) is 17.7. The van der Waals surface area contributed by atoms with Crippen LogP contribution in [0.15, 0.2) is 93.7 Å². The number of hydrogen-bond donors (Lipinski definition) is 2. The first-order chi connectivity index (χ1) is 27.4. The topological polar surface area (TPSA) is 163 Å². The third-order valence-corrected chi connectivity index (χ3v) is 10.9. The summed E-state index contributed by atoms with van der Waals surface area (Å²) >= 11 is 0. The van der Waals surface area contributed by atoms with Crippen molar-refractivity contribution in [2.75, 3.05) is 26.3 Å². The molecule has 4 aromatic rings. The normalized spacial score (nSPS) is 12.3. The average molecular weight is 849 g/mol. The number of benzene rings is 4. The first kappa shape index (κ1) is 45.1. The van der Waals surface area contributed by atoms with Crippen molar-refractivity contribution in [3.05, 3.63) is 118 Å². The van der Waals surface area contributed by atoms with Crippen LogP contribution in [0.1, 0.15) is 51.7 Å². The van der Waals surface area contributed by atoms with Gasteiger partial charge in [0.25, 0.3) is 0 Å². The summed E-state index contributed by atoms with van der Waals surface area (Å²) in [5.41, 5.74) is 0.397. The van der Waals surface area contributed by atoms with Crippen molar-refractivity contribution >= 4 is 44.1 Å². The largest absolute Gasteiger partial charge is 0.463 e. The van der Waals surface area contributed by atoms with Gasteiger partial charge >= 0.3 is 11.9 Å². The molecule has 0 amide bonds. The average Bonchev–Trinajstić information content (AvgIpc) is 3.16. The zero-order valence-electron chi connectivity index (χ0n) is 31.7. The Morgan fingerprint density at radius 1 is 0.569 bits per heavy atom. The van der Waals surface area contributed by atoms with Gasteiger partial charge in [-0.05, 0) is 137 Å².